The predicted molar refractivity (Wildman–Crippen MR) is 123 cm³/mol. The molecule has 0 unspecified atom stereocenters. The van der Waals surface area contributed by atoms with Gasteiger partial charge < -0.3 is 24.3 Å². The van der Waals surface area contributed by atoms with Crippen LogP contribution in [-0.2, 0) is 14.3 Å². The number of anilines is 1. The number of fused-ring (bicyclic) bond motifs is 1. The van der Waals surface area contributed by atoms with Crippen LogP contribution in [0.5, 0.6) is 23.0 Å². The standard InChI is InChI=1S/C25H26N2O6/c1-4-13-32-24(29)25(10-11-25)23(28)27-16-5-7-17(8-6-16)33-20-9-12-26-19-15-22(31-3)21(30-2)14-18(19)20/h5-9,12,14-15H,4,10-11,13H2,1-3H3,(H,27,28). The number of benzene rings is 2. The van der Waals surface area contributed by atoms with Gasteiger partial charge in [-0.1, -0.05) is 6.92 Å². The highest BCUT2D eigenvalue weighted by Crippen LogP contribution is 2.48. The van der Waals surface area contributed by atoms with Crippen LogP contribution in [0.1, 0.15) is 26.2 Å². The van der Waals surface area contributed by atoms with Crippen molar-refractivity contribution in [2.75, 3.05) is 26.1 Å². The monoisotopic (exact) mass is 450 g/mol. The normalized spacial score (nSPS) is 13.8. The van der Waals surface area contributed by atoms with Gasteiger partial charge in [-0.15, -0.1) is 0 Å². The Morgan fingerprint density at radius 1 is 1.00 bits per heavy atom. The third-order valence-corrected chi connectivity index (χ3v) is 5.56. The molecule has 0 spiro atoms. The lowest BCUT2D eigenvalue weighted by Gasteiger charge is -2.15. The average Bonchev–Trinajstić information content (AvgIpc) is 3.65. The summed E-state index contributed by atoms with van der Waals surface area (Å²) in [6.07, 6.45) is 3.39. The van der Waals surface area contributed by atoms with Crippen molar-refractivity contribution < 1.29 is 28.5 Å². The second kappa shape index (κ2) is 9.36. The topological polar surface area (TPSA) is 96.0 Å². The van der Waals surface area contributed by atoms with Crippen molar-refractivity contribution in [3.63, 3.8) is 0 Å². The highest BCUT2D eigenvalue weighted by molar-refractivity contribution is 6.11. The van der Waals surface area contributed by atoms with Gasteiger partial charge in [-0.3, -0.25) is 14.6 Å². The van der Waals surface area contributed by atoms with E-state index in [4.69, 9.17) is 18.9 Å². The van der Waals surface area contributed by atoms with Gasteiger partial charge in [0.25, 0.3) is 0 Å². The molecule has 8 heteroatoms. The maximum Gasteiger partial charge on any atom is 0.321 e. The first-order valence-corrected chi connectivity index (χ1v) is 10.8. The fourth-order valence-electron chi connectivity index (χ4n) is 3.50. The highest BCUT2D eigenvalue weighted by Gasteiger charge is 2.58. The fraction of sp³-hybridized carbons (Fsp3) is 0.320. The first-order valence-electron chi connectivity index (χ1n) is 10.8. The van der Waals surface area contributed by atoms with E-state index in [1.807, 2.05) is 13.0 Å². The molecule has 0 bridgehead atoms. The number of nitrogens with zero attached hydrogens (tertiary/aromatic N) is 1. The lowest BCUT2D eigenvalue weighted by Crippen LogP contribution is -2.33. The molecule has 0 atom stereocenters. The number of carbonyl (C=O) groups is 2. The summed E-state index contributed by atoms with van der Waals surface area (Å²) in [5.41, 5.74) is 0.229. The second-order valence-electron chi connectivity index (χ2n) is 7.83. The molecule has 8 nitrogen and oxygen atoms in total. The summed E-state index contributed by atoms with van der Waals surface area (Å²) in [6, 6.07) is 12.3. The quantitative estimate of drug-likeness (QED) is 0.372. The molecule has 172 valence electrons. The van der Waals surface area contributed by atoms with E-state index in [0.717, 1.165) is 11.8 Å². The zero-order valence-electron chi connectivity index (χ0n) is 18.8. The summed E-state index contributed by atoms with van der Waals surface area (Å²) in [4.78, 5) is 29.3. The zero-order chi connectivity index (χ0) is 23.4. The smallest absolute Gasteiger partial charge is 0.321 e. The van der Waals surface area contributed by atoms with E-state index in [2.05, 4.69) is 10.3 Å². The van der Waals surface area contributed by atoms with Crippen LogP contribution in [0.25, 0.3) is 10.9 Å². The van der Waals surface area contributed by atoms with E-state index in [1.165, 1.54) is 0 Å². The van der Waals surface area contributed by atoms with Gasteiger partial charge in [0.1, 0.15) is 16.9 Å². The molecule has 1 aromatic heterocycles. The summed E-state index contributed by atoms with van der Waals surface area (Å²) < 4.78 is 22.0. The Hall–Kier alpha value is -3.81. The van der Waals surface area contributed by atoms with E-state index in [1.54, 1.807) is 56.8 Å². The van der Waals surface area contributed by atoms with E-state index in [0.29, 0.717) is 53.7 Å². The number of rotatable bonds is 9. The van der Waals surface area contributed by atoms with Gasteiger partial charge in [-0.25, -0.2) is 0 Å². The van der Waals surface area contributed by atoms with E-state index in [9.17, 15) is 9.59 Å². The molecule has 1 aliphatic carbocycles. The Balaban J connectivity index is 1.48. The van der Waals surface area contributed by atoms with Crippen LogP contribution >= 0.6 is 0 Å². The Kier molecular flexibility index (Phi) is 6.35. The Labute approximate surface area is 191 Å². The summed E-state index contributed by atoms with van der Waals surface area (Å²) in [7, 11) is 3.15. The number of esters is 1. The molecule has 33 heavy (non-hydrogen) atoms. The van der Waals surface area contributed by atoms with E-state index >= 15 is 0 Å². The minimum atomic E-state index is -1.06. The van der Waals surface area contributed by atoms with Crippen LogP contribution in [0.15, 0.2) is 48.7 Å². The third kappa shape index (κ3) is 4.55. The molecule has 1 saturated carbocycles. The molecule has 0 aliphatic heterocycles. The lowest BCUT2D eigenvalue weighted by molar-refractivity contribution is -0.153. The first-order chi connectivity index (χ1) is 16.0. The SMILES string of the molecule is CCCOC(=O)C1(C(=O)Nc2ccc(Oc3ccnc4cc(OC)c(OC)cc34)cc2)CC1. The Morgan fingerprint density at radius 2 is 1.70 bits per heavy atom. The van der Waals surface area contributed by atoms with Crippen LogP contribution in [0, 0.1) is 5.41 Å². The summed E-state index contributed by atoms with van der Waals surface area (Å²) in [5, 5.41) is 3.59. The summed E-state index contributed by atoms with van der Waals surface area (Å²) >= 11 is 0. The van der Waals surface area contributed by atoms with Crippen molar-refractivity contribution in [2.24, 2.45) is 5.41 Å². The van der Waals surface area contributed by atoms with Crippen LogP contribution in [0.2, 0.25) is 0 Å². The maximum absolute atomic E-state index is 12.7. The molecule has 0 radical (unpaired) electrons. The number of amides is 1. The molecule has 1 amide bonds. The molecule has 3 aromatic rings. The zero-order valence-corrected chi connectivity index (χ0v) is 18.8. The van der Waals surface area contributed by atoms with Gasteiger partial charge in [0.05, 0.1) is 26.3 Å². The number of methoxy groups -OCH3 is 2. The maximum atomic E-state index is 12.7. The predicted octanol–water partition coefficient (Wildman–Crippen LogP) is 4.72. The van der Waals surface area contributed by atoms with Gasteiger partial charge in [0, 0.05) is 23.3 Å². The summed E-state index contributed by atoms with van der Waals surface area (Å²) in [5.74, 6) is 1.57. The molecule has 1 heterocycles. The van der Waals surface area contributed by atoms with Crippen LogP contribution in [-0.4, -0.2) is 37.7 Å². The molecule has 1 fully saturated rings. The number of pyridine rings is 1. The van der Waals surface area contributed by atoms with Crippen molar-refractivity contribution in [2.45, 2.75) is 26.2 Å². The van der Waals surface area contributed by atoms with Gasteiger partial charge in [0.15, 0.2) is 11.5 Å². The number of aromatic nitrogens is 1. The van der Waals surface area contributed by atoms with Crippen molar-refractivity contribution in [3.05, 3.63) is 48.7 Å². The van der Waals surface area contributed by atoms with Crippen molar-refractivity contribution >= 4 is 28.5 Å². The summed E-state index contributed by atoms with van der Waals surface area (Å²) in [6.45, 7) is 2.24. The second-order valence-corrected chi connectivity index (χ2v) is 7.83. The van der Waals surface area contributed by atoms with Gasteiger partial charge in [-0.2, -0.15) is 0 Å². The minimum Gasteiger partial charge on any atom is -0.493 e. The van der Waals surface area contributed by atoms with E-state index < -0.39 is 11.4 Å². The van der Waals surface area contributed by atoms with Crippen LogP contribution in [0.3, 0.4) is 0 Å². The number of hydrogen-bond donors (Lipinski definition) is 1. The molecular formula is C25H26N2O6. The Bertz CT molecular complexity index is 1170. The van der Waals surface area contributed by atoms with Crippen molar-refractivity contribution in [1.29, 1.82) is 0 Å². The highest BCUT2D eigenvalue weighted by atomic mass is 16.5. The van der Waals surface area contributed by atoms with Crippen LogP contribution < -0.4 is 19.5 Å². The number of ether oxygens (including phenoxy) is 4. The van der Waals surface area contributed by atoms with Gasteiger partial charge in [0.2, 0.25) is 5.91 Å². The number of carbonyl (C=O) groups excluding carboxylic acids is 2. The Morgan fingerprint density at radius 3 is 2.33 bits per heavy atom. The van der Waals surface area contributed by atoms with E-state index in [-0.39, 0.29) is 5.91 Å². The fourth-order valence-corrected chi connectivity index (χ4v) is 3.50. The first kappa shape index (κ1) is 22.4. The minimum absolute atomic E-state index is 0.322. The third-order valence-electron chi connectivity index (χ3n) is 5.56. The largest absolute Gasteiger partial charge is 0.493 e. The van der Waals surface area contributed by atoms with Crippen LogP contribution in [0.4, 0.5) is 5.69 Å². The molecule has 0 saturated heterocycles. The average molecular weight is 450 g/mol. The van der Waals surface area contributed by atoms with Crippen molar-refractivity contribution in [1.82, 2.24) is 4.98 Å². The van der Waals surface area contributed by atoms with Crippen molar-refractivity contribution in [3.8, 4) is 23.0 Å². The molecule has 4 rings (SSSR count). The number of nitrogens with one attached hydrogen (secondary N) is 1. The van der Waals surface area contributed by atoms with Gasteiger partial charge >= 0.3 is 5.97 Å². The molecule has 1 N–H and O–H groups in total. The molecule has 2 aromatic carbocycles. The molecular weight excluding hydrogens is 424 g/mol. The van der Waals surface area contributed by atoms with Gasteiger partial charge in [-0.05, 0) is 55.7 Å². The number of hydrogen-bond acceptors (Lipinski definition) is 7. The lowest BCUT2D eigenvalue weighted by atomic mass is 10.1. The molecule has 1 aliphatic rings.